The zero-order valence-corrected chi connectivity index (χ0v) is 17.4. The molecule has 0 radical (unpaired) electrons. The molecule has 0 aromatic carbocycles. The molecule has 4 heterocycles. The summed E-state index contributed by atoms with van der Waals surface area (Å²) in [5.74, 6) is -0.226. The van der Waals surface area contributed by atoms with Gasteiger partial charge in [0.25, 0.3) is 5.91 Å². The van der Waals surface area contributed by atoms with Gasteiger partial charge in [0.15, 0.2) is 0 Å². The third-order valence-electron chi connectivity index (χ3n) is 5.43. The number of amides is 1. The highest BCUT2D eigenvalue weighted by molar-refractivity contribution is 6.30. The summed E-state index contributed by atoms with van der Waals surface area (Å²) in [7, 11) is 0. The maximum absolute atomic E-state index is 15.4. The molecule has 31 heavy (non-hydrogen) atoms. The second kappa shape index (κ2) is 8.78. The van der Waals surface area contributed by atoms with E-state index in [0.29, 0.717) is 40.6 Å². The van der Waals surface area contributed by atoms with Gasteiger partial charge in [-0.3, -0.25) is 14.8 Å². The number of piperidine rings is 1. The highest BCUT2D eigenvalue weighted by Gasteiger charge is 2.37. The highest BCUT2D eigenvalue weighted by atomic mass is 35.5. The fraction of sp³-hybridized carbons (Fsp3) is 0.261. The van der Waals surface area contributed by atoms with Crippen LogP contribution in [0.4, 0.5) is 4.39 Å². The molecule has 1 saturated heterocycles. The summed E-state index contributed by atoms with van der Waals surface area (Å²) in [6.45, 7) is 0.581. The molecule has 0 N–H and O–H groups in total. The van der Waals surface area contributed by atoms with Crippen molar-refractivity contribution >= 4 is 17.5 Å². The van der Waals surface area contributed by atoms with Crippen LogP contribution in [0.2, 0.25) is 5.02 Å². The van der Waals surface area contributed by atoms with Gasteiger partial charge in [0.05, 0.1) is 16.3 Å². The van der Waals surface area contributed by atoms with Crippen molar-refractivity contribution < 1.29 is 9.18 Å². The maximum Gasteiger partial charge on any atom is 0.256 e. The number of rotatable bonds is 4. The Morgan fingerprint density at radius 1 is 1.16 bits per heavy atom. The minimum atomic E-state index is -1.42. The Bertz CT molecular complexity index is 1120. The van der Waals surface area contributed by atoms with Crippen LogP contribution >= 0.6 is 11.6 Å². The Morgan fingerprint density at radius 2 is 1.90 bits per heavy atom. The second-order valence-corrected chi connectivity index (χ2v) is 7.96. The molecule has 0 atom stereocenters. The van der Waals surface area contributed by atoms with E-state index in [1.165, 1.54) is 12.3 Å². The number of hydrogen-bond acceptors (Lipinski definition) is 5. The Balaban J connectivity index is 1.51. The molecule has 156 valence electrons. The van der Waals surface area contributed by atoms with E-state index in [-0.39, 0.29) is 30.9 Å². The SMILES string of the molecule is N#Cc1ccc(C(=O)N2CCC(F)(Cc3ccc(Cl)cn3)CC2)c(-c2ccncc2)n1. The van der Waals surface area contributed by atoms with Crippen LogP contribution in [-0.4, -0.2) is 44.5 Å². The van der Waals surface area contributed by atoms with Crippen molar-refractivity contribution in [1.82, 2.24) is 19.9 Å². The average molecular weight is 436 g/mol. The fourth-order valence-electron chi connectivity index (χ4n) is 3.72. The first kappa shape index (κ1) is 20.9. The minimum Gasteiger partial charge on any atom is -0.338 e. The van der Waals surface area contributed by atoms with Gasteiger partial charge in [-0.1, -0.05) is 11.6 Å². The Morgan fingerprint density at radius 3 is 2.55 bits per heavy atom. The Kier molecular flexibility index (Phi) is 5.92. The Hall–Kier alpha value is -3.37. The summed E-state index contributed by atoms with van der Waals surface area (Å²) in [4.78, 5) is 27.4. The van der Waals surface area contributed by atoms with E-state index < -0.39 is 5.67 Å². The molecule has 0 aliphatic carbocycles. The van der Waals surface area contributed by atoms with Crippen molar-refractivity contribution in [3.05, 3.63) is 77.0 Å². The first-order valence-electron chi connectivity index (χ1n) is 9.88. The predicted octanol–water partition coefficient (Wildman–Crippen LogP) is 4.25. The number of hydrogen-bond donors (Lipinski definition) is 0. The number of likely N-dealkylation sites (tertiary alicyclic amines) is 1. The van der Waals surface area contributed by atoms with Gasteiger partial charge in [-0.05, 0) is 49.2 Å². The molecule has 6 nitrogen and oxygen atoms in total. The van der Waals surface area contributed by atoms with E-state index in [4.69, 9.17) is 11.6 Å². The molecule has 1 aliphatic heterocycles. The number of alkyl halides is 1. The van der Waals surface area contributed by atoms with E-state index in [2.05, 4.69) is 15.0 Å². The van der Waals surface area contributed by atoms with Gasteiger partial charge in [0, 0.05) is 49.4 Å². The van der Waals surface area contributed by atoms with Crippen molar-refractivity contribution in [1.29, 1.82) is 5.26 Å². The van der Waals surface area contributed by atoms with Crippen molar-refractivity contribution in [3.8, 4) is 17.3 Å². The number of nitrogens with zero attached hydrogens (tertiary/aromatic N) is 5. The summed E-state index contributed by atoms with van der Waals surface area (Å²) in [6.07, 6.45) is 5.35. The molecule has 3 aromatic rings. The minimum absolute atomic E-state index is 0.187. The standard InChI is InChI=1S/C23H19ClFN5O/c24-17-1-2-18(28-15-17)13-23(25)7-11-30(12-8-23)22(31)20-4-3-19(14-26)29-21(20)16-5-9-27-10-6-16/h1-6,9-10,15H,7-8,11-13H2. The second-order valence-electron chi connectivity index (χ2n) is 7.53. The normalized spacial score (nSPS) is 15.3. The summed E-state index contributed by atoms with van der Waals surface area (Å²) in [5, 5.41) is 9.72. The van der Waals surface area contributed by atoms with E-state index in [0.717, 1.165) is 0 Å². The topological polar surface area (TPSA) is 82.8 Å². The van der Waals surface area contributed by atoms with E-state index in [1.807, 2.05) is 6.07 Å². The van der Waals surface area contributed by atoms with Gasteiger partial charge < -0.3 is 4.90 Å². The molecular formula is C23H19ClFN5O. The number of nitriles is 1. The van der Waals surface area contributed by atoms with Crippen molar-refractivity contribution in [3.63, 3.8) is 0 Å². The van der Waals surface area contributed by atoms with Gasteiger partial charge in [-0.2, -0.15) is 5.26 Å². The molecule has 0 unspecified atom stereocenters. The van der Waals surface area contributed by atoms with Crippen LogP contribution < -0.4 is 0 Å². The smallest absolute Gasteiger partial charge is 0.256 e. The quantitative estimate of drug-likeness (QED) is 0.611. The fourth-order valence-corrected chi connectivity index (χ4v) is 3.83. The van der Waals surface area contributed by atoms with Crippen LogP contribution in [0.5, 0.6) is 0 Å². The van der Waals surface area contributed by atoms with Crippen LogP contribution in [0.15, 0.2) is 55.0 Å². The van der Waals surface area contributed by atoms with Crippen LogP contribution in [0.1, 0.15) is 34.6 Å². The zero-order chi connectivity index (χ0) is 21.8. The lowest BCUT2D eigenvalue weighted by molar-refractivity contribution is 0.0434. The van der Waals surface area contributed by atoms with Gasteiger partial charge in [-0.25, -0.2) is 9.37 Å². The molecule has 1 amide bonds. The van der Waals surface area contributed by atoms with Gasteiger partial charge in [0.2, 0.25) is 0 Å². The van der Waals surface area contributed by atoms with E-state index >= 15 is 4.39 Å². The number of halogens is 2. The first-order chi connectivity index (χ1) is 15.0. The largest absolute Gasteiger partial charge is 0.338 e. The molecule has 8 heteroatoms. The monoisotopic (exact) mass is 435 g/mol. The maximum atomic E-state index is 15.4. The lowest BCUT2D eigenvalue weighted by Gasteiger charge is -2.36. The molecule has 0 bridgehead atoms. The van der Waals surface area contributed by atoms with Crippen molar-refractivity contribution in [2.45, 2.75) is 24.9 Å². The first-order valence-corrected chi connectivity index (χ1v) is 10.3. The summed E-state index contributed by atoms with van der Waals surface area (Å²) < 4.78 is 15.4. The van der Waals surface area contributed by atoms with Gasteiger partial charge in [-0.15, -0.1) is 0 Å². The lowest BCUT2D eigenvalue weighted by atomic mass is 9.88. The summed E-state index contributed by atoms with van der Waals surface area (Å²) in [6, 6.07) is 12.0. The third kappa shape index (κ3) is 4.70. The third-order valence-corrected chi connectivity index (χ3v) is 5.65. The zero-order valence-electron chi connectivity index (χ0n) is 16.6. The van der Waals surface area contributed by atoms with Crippen LogP contribution in [0.3, 0.4) is 0 Å². The van der Waals surface area contributed by atoms with E-state index in [9.17, 15) is 10.1 Å². The molecule has 4 rings (SSSR count). The van der Waals surface area contributed by atoms with Crippen LogP contribution in [-0.2, 0) is 6.42 Å². The molecule has 1 fully saturated rings. The molecule has 1 aliphatic rings. The number of carbonyl (C=O) groups excluding carboxylic acids is 1. The summed E-state index contributed by atoms with van der Waals surface area (Å²) >= 11 is 5.85. The van der Waals surface area contributed by atoms with Crippen LogP contribution in [0.25, 0.3) is 11.3 Å². The predicted molar refractivity (Wildman–Crippen MR) is 114 cm³/mol. The van der Waals surface area contributed by atoms with Crippen molar-refractivity contribution in [2.24, 2.45) is 0 Å². The van der Waals surface area contributed by atoms with Gasteiger partial charge in [0.1, 0.15) is 17.4 Å². The number of carbonyl (C=O) groups is 1. The van der Waals surface area contributed by atoms with Crippen LogP contribution in [0, 0.1) is 11.3 Å². The summed E-state index contributed by atoms with van der Waals surface area (Å²) in [5.41, 5.74) is 0.947. The average Bonchev–Trinajstić information content (AvgIpc) is 2.81. The number of pyridine rings is 3. The highest BCUT2D eigenvalue weighted by Crippen LogP contribution is 2.32. The lowest BCUT2D eigenvalue weighted by Crippen LogP contribution is -2.45. The van der Waals surface area contributed by atoms with Crippen molar-refractivity contribution in [2.75, 3.05) is 13.1 Å². The molecule has 3 aromatic heterocycles. The van der Waals surface area contributed by atoms with E-state index in [1.54, 1.807) is 47.6 Å². The molecule has 0 saturated carbocycles. The Labute approximate surface area is 184 Å². The molecule has 0 spiro atoms. The molecular weight excluding hydrogens is 417 g/mol. The number of aromatic nitrogens is 3. The van der Waals surface area contributed by atoms with Gasteiger partial charge >= 0.3 is 0 Å².